The van der Waals surface area contributed by atoms with Gasteiger partial charge in [0.2, 0.25) is 0 Å². The Morgan fingerprint density at radius 1 is 0.969 bits per heavy atom. The topological polar surface area (TPSA) is 58.1 Å². The Morgan fingerprint density at radius 3 is 2.44 bits per heavy atom. The van der Waals surface area contributed by atoms with Crippen LogP contribution in [0.15, 0.2) is 59.6 Å². The third-order valence-electron chi connectivity index (χ3n) is 5.29. The Labute approximate surface area is 209 Å². The van der Waals surface area contributed by atoms with Gasteiger partial charge in [-0.25, -0.2) is 4.99 Å². The molecule has 0 bridgehead atoms. The van der Waals surface area contributed by atoms with E-state index in [-0.39, 0.29) is 24.0 Å². The number of nitrogens with zero attached hydrogens (tertiary/aromatic N) is 2. The highest BCUT2D eigenvalue weighted by atomic mass is 127. The van der Waals surface area contributed by atoms with Gasteiger partial charge in [0, 0.05) is 26.2 Å². The Kier molecular flexibility index (Phi) is 13.3. The van der Waals surface area contributed by atoms with Crippen LogP contribution in [0.5, 0.6) is 0 Å². The Hall–Kier alpha value is -1.68. The molecule has 0 radical (unpaired) electrons. The van der Waals surface area contributed by atoms with Crippen molar-refractivity contribution < 1.29 is 9.47 Å². The van der Waals surface area contributed by atoms with Crippen LogP contribution in [0, 0.1) is 0 Å². The Bertz CT molecular complexity index is 783. The number of halogens is 1. The third-order valence-corrected chi connectivity index (χ3v) is 5.29. The molecule has 0 saturated carbocycles. The minimum Gasteiger partial charge on any atom is -0.379 e. The van der Waals surface area contributed by atoms with E-state index in [9.17, 15) is 0 Å². The number of ether oxygens (including phenoxy) is 2. The lowest BCUT2D eigenvalue weighted by atomic mass is 10.1. The molecule has 2 aromatic rings. The summed E-state index contributed by atoms with van der Waals surface area (Å²) in [5.41, 5.74) is 3.57. The zero-order chi connectivity index (χ0) is 21.6. The van der Waals surface area contributed by atoms with E-state index in [0.717, 1.165) is 58.3 Å². The monoisotopic (exact) mass is 552 g/mol. The molecule has 2 N–H and O–H groups in total. The lowest BCUT2D eigenvalue weighted by Gasteiger charge is -2.26. The average Bonchev–Trinajstić information content (AvgIpc) is 2.82. The number of rotatable bonds is 11. The summed E-state index contributed by atoms with van der Waals surface area (Å²) in [6.07, 6.45) is 1.09. The van der Waals surface area contributed by atoms with Gasteiger partial charge in [-0.1, -0.05) is 54.6 Å². The quantitative estimate of drug-likeness (QED) is 0.192. The molecule has 1 aliphatic rings. The maximum Gasteiger partial charge on any atom is 0.191 e. The summed E-state index contributed by atoms with van der Waals surface area (Å²) in [7, 11) is 0. The number of guanidine groups is 1. The van der Waals surface area contributed by atoms with Crippen LogP contribution in [0.25, 0.3) is 0 Å². The molecule has 1 heterocycles. The van der Waals surface area contributed by atoms with E-state index in [2.05, 4.69) is 58.9 Å². The van der Waals surface area contributed by atoms with E-state index in [4.69, 9.17) is 14.5 Å². The minimum atomic E-state index is 0. The van der Waals surface area contributed by atoms with Crippen molar-refractivity contribution >= 4 is 29.9 Å². The molecule has 176 valence electrons. The highest BCUT2D eigenvalue weighted by Crippen LogP contribution is 2.13. The van der Waals surface area contributed by atoms with Gasteiger partial charge in [0.25, 0.3) is 0 Å². The Morgan fingerprint density at radius 2 is 1.69 bits per heavy atom. The van der Waals surface area contributed by atoms with Crippen molar-refractivity contribution in [2.75, 3.05) is 45.9 Å². The molecule has 1 fully saturated rings. The first-order chi connectivity index (χ1) is 15.3. The summed E-state index contributed by atoms with van der Waals surface area (Å²) in [5.74, 6) is 0.865. The molecule has 3 rings (SSSR count). The normalized spacial score (nSPS) is 14.6. The molecule has 0 atom stereocenters. The van der Waals surface area contributed by atoms with E-state index in [0.29, 0.717) is 19.8 Å². The number of aliphatic imine (C=N–C) groups is 1. The van der Waals surface area contributed by atoms with Gasteiger partial charge in [-0.3, -0.25) is 4.90 Å². The molecule has 0 aromatic heterocycles. The molecule has 1 aliphatic heterocycles. The van der Waals surface area contributed by atoms with Crippen LogP contribution in [0.3, 0.4) is 0 Å². The van der Waals surface area contributed by atoms with Gasteiger partial charge in [0.1, 0.15) is 0 Å². The SMILES string of the molecule is CCNC(=NCc1ccccc1COCc1ccccc1)NCCCN1CCOCC1.I. The third kappa shape index (κ3) is 9.85. The molecule has 1 saturated heterocycles. The fourth-order valence-electron chi connectivity index (χ4n) is 3.55. The summed E-state index contributed by atoms with van der Waals surface area (Å²) in [4.78, 5) is 7.26. The van der Waals surface area contributed by atoms with Crippen molar-refractivity contribution in [1.82, 2.24) is 15.5 Å². The van der Waals surface area contributed by atoms with Crippen LogP contribution in [0.4, 0.5) is 0 Å². The van der Waals surface area contributed by atoms with E-state index in [1.807, 2.05) is 18.2 Å². The first-order valence-corrected chi connectivity index (χ1v) is 11.4. The van der Waals surface area contributed by atoms with E-state index >= 15 is 0 Å². The van der Waals surface area contributed by atoms with Crippen molar-refractivity contribution in [2.45, 2.75) is 33.1 Å². The fraction of sp³-hybridized carbons (Fsp3) is 0.480. The number of hydrogen-bond acceptors (Lipinski definition) is 4. The average molecular weight is 553 g/mol. The highest BCUT2D eigenvalue weighted by molar-refractivity contribution is 14.0. The first kappa shape index (κ1) is 26.6. The second-order valence-corrected chi connectivity index (χ2v) is 7.68. The van der Waals surface area contributed by atoms with Crippen molar-refractivity contribution in [3.05, 3.63) is 71.3 Å². The smallest absolute Gasteiger partial charge is 0.191 e. The van der Waals surface area contributed by atoms with Gasteiger partial charge in [-0.15, -0.1) is 24.0 Å². The van der Waals surface area contributed by atoms with E-state index in [1.165, 1.54) is 16.7 Å². The molecule has 32 heavy (non-hydrogen) atoms. The molecular weight excluding hydrogens is 515 g/mol. The van der Waals surface area contributed by atoms with Crippen LogP contribution in [-0.2, 0) is 29.2 Å². The van der Waals surface area contributed by atoms with Gasteiger partial charge in [-0.05, 0) is 36.6 Å². The molecule has 0 spiro atoms. The highest BCUT2D eigenvalue weighted by Gasteiger charge is 2.09. The Balaban J connectivity index is 0.00000363. The second kappa shape index (κ2) is 16.0. The summed E-state index contributed by atoms with van der Waals surface area (Å²) in [6, 6.07) is 18.7. The van der Waals surface area contributed by atoms with Crippen molar-refractivity contribution in [3.63, 3.8) is 0 Å². The van der Waals surface area contributed by atoms with E-state index < -0.39 is 0 Å². The van der Waals surface area contributed by atoms with Crippen LogP contribution >= 0.6 is 24.0 Å². The summed E-state index contributed by atoms with van der Waals surface area (Å²) >= 11 is 0. The second-order valence-electron chi connectivity index (χ2n) is 7.68. The number of benzene rings is 2. The number of nitrogens with one attached hydrogen (secondary N) is 2. The fourth-order valence-corrected chi connectivity index (χ4v) is 3.55. The predicted molar refractivity (Wildman–Crippen MR) is 141 cm³/mol. The molecule has 2 aromatic carbocycles. The van der Waals surface area contributed by atoms with Crippen LogP contribution < -0.4 is 10.6 Å². The summed E-state index contributed by atoms with van der Waals surface area (Å²) in [5, 5.41) is 6.81. The van der Waals surface area contributed by atoms with Gasteiger partial charge >= 0.3 is 0 Å². The molecule has 0 unspecified atom stereocenters. The van der Waals surface area contributed by atoms with Gasteiger partial charge in [-0.2, -0.15) is 0 Å². The predicted octanol–water partition coefficient (Wildman–Crippen LogP) is 3.80. The van der Waals surface area contributed by atoms with Gasteiger partial charge < -0.3 is 20.1 Å². The van der Waals surface area contributed by atoms with E-state index in [1.54, 1.807) is 0 Å². The molecule has 6 nitrogen and oxygen atoms in total. The standard InChI is InChI=1S/C25H36N4O2.HI/c1-2-26-25(27-13-8-14-29-15-17-30-18-16-29)28-19-23-11-6-7-12-24(23)21-31-20-22-9-4-3-5-10-22;/h3-7,9-12H,2,8,13-21H2,1H3,(H2,26,27,28);1H. The lowest BCUT2D eigenvalue weighted by Crippen LogP contribution is -2.40. The van der Waals surface area contributed by atoms with Gasteiger partial charge in [0.15, 0.2) is 5.96 Å². The number of hydrogen-bond donors (Lipinski definition) is 2. The molecular formula is C25H37IN4O2. The van der Waals surface area contributed by atoms with Crippen molar-refractivity contribution in [1.29, 1.82) is 0 Å². The maximum absolute atomic E-state index is 5.94. The lowest BCUT2D eigenvalue weighted by molar-refractivity contribution is 0.0376. The zero-order valence-electron chi connectivity index (χ0n) is 19.1. The zero-order valence-corrected chi connectivity index (χ0v) is 21.4. The first-order valence-electron chi connectivity index (χ1n) is 11.4. The molecule has 0 amide bonds. The van der Waals surface area contributed by atoms with Crippen molar-refractivity contribution in [2.24, 2.45) is 4.99 Å². The molecule has 7 heteroatoms. The molecule has 0 aliphatic carbocycles. The van der Waals surface area contributed by atoms with Crippen LogP contribution in [0.2, 0.25) is 0 Å². The largest absolute Gasteiger partial charge is 0.379 e. The van der Waals surface area contributed by atoms with Crippen LogP contribution in [0.1, 0.15) is 30.0 Å². The van der Waals surface area contributed by atoms with Crippen molar-refractivity contribution in [3.8, 4) is 0 Å². The summed E-state index contributed by atoms with van der Waals surface area (Å²) < 4.78 is 11.4. The number of morpholine rings is 1. The van der Waals surface area contributed by atoms with Gasteiger partial charge in [0.05, 0.1) is 33.0 Å². The summed E-state index contributed by atoms with van der Waals surface area (Å²) in [6.45, 7) is 10.6. The maximum atomic E-state index is 5.94. The minimum absolute atomic E-state index is 0. The van der Waals surface area contributed by atoms with Crippen LogP contribution in [-0.4, -0.2) is 56.8 Å².